The van der Waals surface area contributed by atoms with Crippen molar-refractivity contribution in [2.24, 2.45) is 0 Å². The van der Waals surface area contributed by atoms with Gasteiger partial charge in [-0.2, -0.15) is 10.5 Å². The zero-order valence-corrected chi connectivity index (χ0v) is 17.1. The molecule has 0 unspecified atom stereocenters. The van der Waals surface area contributed by atoms with E-state index in [-0.39, 0.29) is 11.1 Å². The number of carbonyl (C=O) groups excluding carboxylic acids is 1. The van der Waals surface area contributed by atoms with Gasteiger partial charge in [-0.15, -0.1) is 0 Å². The standard InChI is InChI=1S/C23H22N2O5/c1-4-27-20-12-18(13-21(28-5-2)22(20)29-6-3)23(26)30-19-9-7-16(8-10-19)11-17(14-24)15-25/h7-13H,4-6H2,1-3H3. The Balaban J connectivity index is 2.29. The molecule has 7 nitrogen and oxygen atoms in total. The quantitative estimate of drug-likeness (QED) is 0.342. The molecule has 0 aliphatic carbocycles. The van der Waals surface area contributed by atoms with Gasteiger partial charge in [0.05, 0.1) is 25.4 Å². The average molecular weight is 406 g/mol. The molecule has 2 aromatic rings. The van der Waals surface area contributed by atoms with E-state index in [1.165, 1.54) is 6.08 Å². The molecule has 154 valence electrons. The van der Waals surface area contributed by atoms with E-state index in [0.29, 0.717) is 48.4 Å². The molecule has 0 bridgehead atoms. The smallest absolute Gasteiger partial charge is 0.343 e. The van der Waals surface area contributed by atoms with Gasteiger partial charge in [0.2, 0.25) is 5.75 Å². The number of esters is 1. The summed E-state index contributed by atoms with van der Waals surface area (Å²) >= 11 is 0. The molecule has 0 aliphatic rings. The van der Waals surface area contributed by atoms with Gasteiger partial charge in [-0.05, 0) is 56.7 Å². The van der Waals surface area contributed by atoms with Gasteiger partial charge in [-0.3, -0.25) is 0 Å². The molecule has 0 aromatic heterocycles. The second-order valence-electron chi connectivity index (χ2n) is 5.84. The number of ether oxygens (including phenoxy) is 4. The molecule has 0 N–H and O–H groups in total. The van der Waals surface area contributed by atoms with Crippen LogP contribution in [0.5, 0.6) is 23.0 Å². The maximum atomic E-state index is 12.7. The summed E-state index contributed by atoms with van der Waals surface area (Å²) in [4.78, 5) is 12.7. The maximum Gasteiger partial charge on any atom is 0.343 e. The van der Waals surface area contributed by atoms with Crippen molar-refractivity contribution in [2.45, 2.75) is 20.8 Å². The van der Waals surface area contributed by atoms with Crippen LogP contribution in [0.4, 0.5) is 0 Å². The molecule has 2 aromatic carbocycles. The highest BCUT2D eigenvalue weighted by molar-refractivity contribution is 5.92. The number of allylic oxidation sites excluding steroid dienone is 1. The monoisotopic (exact) mass is 406 g/mol. The summed E-state index contributed by atoms with van der Waals surface area (Å²) in [6.45, 7) is 6.73. The Hall–Kier alpha value is -3.97. The Morgan fingerprint density at radius 3 is 1.90 bits per heavy atom. The largest absolute Gasteiger partial charge is 0.490 e. The van der Waals surface area contributed by atoms with Crippen LogP contribution in [0.1, 0.15) is 36.7 Å². The molecule has 0 radical (unpaired) electrons. The maximum absolute atomic E-state index is 12.7. The van der Waals surface area contributed by atoms with Gasteiger partial charge in [-0.25, -0.2) is 4.79 Å². The number of carbonyl (C=O) groups is 1. The highest BCUT2D eigenvalue weighted by atomic mass is 16.5. The van der Waals surface area contributed by atoms with Crippen LogP contribution in [0.25, 0.3) is 6.08 Å². The Kier molecular flexibility index (Phi) is 8.28. The fourth-order valence-electron chi connectivity index (χ4n) is 2.56. The number of benzene rings is 2. The lowest BCUT2D eigenvalue weighted by atomic mass is 10.1. The zero-order chi connectivity index (χ0) is 21.9. The van der Waals surface area contributed by atoms with Crippen molar-refractivity contribution in [3.8, 4) is 35.1 Å². The summed E-state index contributed by atoms with van der Waals surface area (Å²) in [7, 11) is 0. The predicted octanol–water partition coefficient (Wildman–Crippen LogP) is 4.53. The molecule has 7 heteroatoms. The van der Waals surface area contributed by atoms with Crippen LogP contribution in [-0.4, -0.2) is 25.8 Å². The van der Waals surface area contributed by atoms with Crippen LogP contribution in [0.15, 0.2) is 42.0 Å². The van der Waals surface area contributed by atoms with E-state index in [1.807, 2.05) is 20.8 Å². The van der Waals surface area contributed by atoms with Crippen LogP contribution in [0, 0.1) is 22.7 Å². The van der Waals surface area contributed by atoms with Crippen molar-refractivity contribution < 1.29 is 23.7 Å². The lowest BCUT2D eigenvalue weighted by molar-refractivity contribution is 0.0733. The Labute approximate surface area is 175 Å². The summed E-state index contributed by atoms with van der Waals surface area (Å²) in [5, 5.41) is 17.6. The summed E-state index contributed by atoms with van der Waals surface area (Å²) < 4.78 is 22.3. The van der Waals surface area contributed by atoms with Crippen LogP contribution in [0.3, 0.4) is 0 Å². The number of rotatable bonds is 9. The third kappa shape index (κ3) is 5.76. The molecule has 0 fully saturated rings. The molecule has 30 heavy (non-hydrogen) atoms. The molecular weight excluding hydrogens is 384 g/mol. The third-order valence-electron chi connectivity index (χ3n) is 3.79. The van der Waals surface area contributed by atoms with Gasteiger partial charge < -0.3 is 18.9 Å². The van der Waals surface area contributed by atoms with Gasteiger partial charge in [0.25, 0.3) is 0 Å². The van der Waals surface area contributed by atoms with Crippen molar-refractivity contribution in [1.29, 1.82) is 10.5 Å². The Morgan fingerprint density at radius 1 is 0.900 bits per heavy atom. The normalized spacial score (nSPS) is 9.63. The van der Waals surface area contributed by atoms with Gasteiger partial charge in [-0.1, -0.05) is 12.1 Å². The van der Waals surface area contributed by atoms with E-state index in [2.05, 4.69) is 0 Å². The van der Waals surface area contributed by atoms with Gasteiger partial charge >= 0.3 is 5.97 Å². The Morgan fingerprint density at radius 2 is 1.43 bits per heavy atom. The fraction of sp³-hybridized carbons (Fsp3) is 0.261. The molecule has 0 saturated carbocycles. The summed E-state index contributed by atoms with van der Waals surface area (Å²) in [5.41, 5.74) is 0.887. The van der Waals surface area contributed by atoms with E-state index in [1.54, 1.807) is 48.5 Å². The number of nitriles is 2. The molecule has 0 amide bonds. The van der Waals surface area contributed by atoms with Gasteiger partial charge in [0.15, 0.2) is 11.5 Å². The molecule has 0 saturated heterocycles. The third-order valence-corrected chi connectivity index (χ3v) is 3.79. The van der Waals surface area contributed by atoms with Gasteiger partial charge in [0, 0.05) is 0 Å². The lowest BCUT2D eigenvalue weighted by Gasteiger charge is -2.16. The van der Waals surface area contributed by atoms with Crippen LogP contribution < -0.4 is 18.9 Å². The average Bonchev–Trinajstić information content (AvgIpc) is 2.75. The lowest BCUT2D eigenvalue weighted by Crippen LogP contribution is -2.11. The highest BCUT2D eigenvalue weighted by Gasteiger charge is 2.19. The minimum atomic E-state index is -0.585. The number of hydrogen-bond acceptors (Lipinski definition) is 7. The van der Waals surface area contributed by atoms with E-state index in [9.17, 15) is 4.79 Å². The first kappa shape index (κ1) is 22.3. The SMILES string of the molecule is CCOc1cc(C(=O)Oc2ccc(C=C(C#N)C#N)cc2)cc(OCC)c1OCC. The molecule has 0 heterocycles. The Bertz CT molecular complexity index is 955. The zero-order valence-electron chi connectivity index (χ0n) is 17.1. The van der Waals surface area contributed by atoms with Gasteiger partial charge in [0.1, 0.15) is 23.5 Å². The minimum Gasteiger partial charge on any atom is -0.490 e. The molecule has 0 atom stereocenters. The second kappa shape index (κ2) is 11.1. The summed E-state index contributed by atoms with van der Waals surface area (Å²) in [6.07, 6.45) is 1.45. The van der Waals surface area contributed by atoms with Crippen molar-refractivity contribution in [3.63, 3.8) is 0 Å². The molecule has 0 aliphatic heterocycles. The van der Waals surface area contributed by atoms with Crippen molar-refractivity contribution in [3.05, 3.63) is 53.1 Å². The van der Waals surface area contributed by atoms with Crippen LogP contribution in [-0.2, 0) is 0 Å². The molecule has 0 spiro atoms. The topological polar surface area (TPSA) is 102 Å². The molecular formula is C23H22N2O5. The second-order valence-corrected chi connectivity index (χ2v) is 5.84. The van der Waals surface area contributed by atoms with E-state index in [0.717, 1.165) is 0 Å². The van der Waals surface area contributed by atoms with Crippen molar-refractivity contribution in [1.82, 2.24) is 0 Å². The first-order chi connectivity index (χ1) is 14.6. The number of nitrogens with zero attached hydrogens (tertiary/aromatic N) is 2. The fourth-order valence-corrected chi connectivity index (χ4v) is 2.56. The first-order valence-corrected chi connectivity index (χ1v) is 9.46. The van der Waals surface area contributed by atoms with Crippen molar-refractivity contribution >= 4 is 12.0 Å². The first-order valence-electron chi connectivity index (χ1n) is 9.46. The van der Waals surface area contributed by atoms with Crippen molar-refractivity contribution in [2.75, 3.05) is 19.8 Å². The van der Waals surface area contributed by atoms with E-state index in [4.69, 9.17) is 29.5 Å². The minimum absolute atomic E-state index is 0.0129. The number of hydrogen-bond donors (Lipinski definition) is 0. The van der Waals surface area contributed by atoms with E-state index < -0.39 is 5.97 Å². The van der Waals surface area contributed by atoms with Crippen LogP contribution >= 0.6 is 0 Å². The predicted molar refractivity (Wildman–Crippen MR) is 111 cm³/mol. The molecule has 2 rings (SSSR count). The summed E-state index contributed by atoms with van der Waals surface area (Å²) in [5.74, 6) is 0.978. The highest BCUT2D eigenvalue weighted by Crippen LogP contribution is 2.39. The van der Waals surface area contributed by atoms with E-state index >= 15 is 0 Å². The van der Waals surface area contributed by atoms with Crippen LogP contribution in [0.2, 0.25) is 0 Å². The summed E-state index contributed by atoms with van der Waals surface area (Å²) in [6, 6.07) is 13.2.